The van der Waals surface area contributed by atoms with Gasteiger partial charge in [0.2, 0.25) is 0 Å². The molecule has 0 aromatic carbocycles. The fraction of sp³-hybridized carbons (Fsp3) is 0. The van der Waals surface area contributed by atoms with Crippen LogP contribution in [0.2, 0.25) is 0 Å². The largest absolute Gasteiger partial charge is 0.296 e. The molecule has 0 atom stereocenters. The molecule has 0 aromatic rings. The zero-order chi connectivity index (χ0) is 7.78. The molecule has 1 aliphatic heterocycles. The van der Waals surface area contributed by atoms with Gasteiger partial charge in [-0.1, -0.05) is 0 Å². The minimum atomic E-state index is -2.90. The van der Waals surface area contributed by atoms with Crippen molar-refractivity contribution in [1.29, 1.82) is 0 Å². The van der Waals surface area contributed by atoms with Crippen LogP contribution in [-0.4, -0.2) is 15.4 Å². The lowest BCUT2D eigenvalue weighted by molar-refractivity contribution is -0.104. The van der Waals surface area contributed by atoms with Crippen LogP contribution in [0, 0.1) is 0 Å². The van der Waals surface area contributed by atoms with Gasteiger partial charge in [0.05, 0.1) is 0 Å². The topological polar surface area (TPSA) is 57.5 Å². The SMILES string of the molecule is O=CC1=CC(Br)=CS1(O)O. The van der Waals surface area contributed by atoms with E-state index in [0.717, 1.165) is 0 Å². The smallest absolute Gasteiger partial charge is 0.166 e. The van der Waals surface area contributed by atoms with Crippen LogP contribution in [-0.2, 0) is 4.79 Å². The molecule has 0 fully saturated rings. The quantitative estimate of drug-likeness (QED) is 0.671. The summed E-state index contributed by atoms with van der Waals surface area (Å²) < 4.78 is 18.7. The van der Waals surface area contributed by atoms with E-state index in [1.807, 2.05) is 0 Å². The number of carbonyl (C=O) groups is 1. The molecule has 0 amide bonds. The van der Waals surface area contributed by atoms with Crippen LogP contribution in [0.3, 0.4) is 0 Å². The molecule has 0 aromatic heterocycles. The fourth-order valence-corrected chi connectivity index (χ4v) is 2.73. The van der Waals surface area contributed by atoms with Gasteiger partial charge in [-0.05, 0) is 22.0 Å². The fourth-order valence-electron chi connectivity index (χ4n) is 0.587. The predicted octanol–water partition coefficient (Wildman–Crippen LogP) is 2.07. The van der Waals surface area contributed by atoms with E-state index in [0.29, 0.717) is 10.8 Å². The Morgan fingerprint density at radius 1 is 1.60 bits per heavy atom. The van der Waals surface area contributed by atoms with Gasteiger partial charge in [-0.2, -0.15) is 0 Å². The van der Waals surface area contributed by atoms with Crippen molar-refractivity contribution in [2.75, 3.05) is 0 Å². The normalized spacial score (nSPS) is 25.1. The van der Waals surface area contributed by atoms with Gasteiger partial charge >= 0.3 is 0 Å². The van der Waals surface area contributed by atoms with Crippen molar-refractivity contribution in [2.45, 2.75) is 0 Å². The first-order chi connectivity index (χ1) is 4.56. The van der Waals surface area contributed by atoms with E-state index in [1.54, 1.807) is 0 Å². The molecule has 1 rings (SSSR count). The summed E-state index contributed by atoms with van der Waals surface area (Å²) in [6.07, 6.45) is 1.84. The summed E-state index contributed by atoms with van der Waals surface area (Å²) in [5.41, 5.74) is 0. The average Bonchev–Trinajstić information content (AvgIpc) is 2.04. The number of halogens is 1. The van der Waals surface area contributed by atoms with Crippen LogP contribution in [0.4, 0.5) is 0 Å². The minimum absolute atomic E-state index is 0.0272. The van der Waals surface area contributed by atoms with E-state index in [2.05, 4.69) is 15.9 Å². The van der Waals surface area contributed by atoms with Crippen LogP contribution < -0.4 is 0 Å². The number of hydrogen-bond acceptors (Lipinski definition) is 3. The molecule has 1 aliphatic rings. The van der Waals surface area contributed by atoms with Crippen molar-refractivity contribution in [3.8, 4) is 0 Å². The molecule has 0 saturated heterocycles. The number of rotatable bonds is 1. The van der Waals surface area contributed by atoms with Crippen molar-refractivity contribution >= 4 is 32.8 Å². The van der Waals surface area contributed by atoms with E-state index in [9.17, 15) is 4.79 Å². The molecule has 0 radical (unpaired) electrons. The number of aldehydes is 1. The zero-order valence-electron chi connectivity index (χ0n) is 4.82. The lowest BCUT2D eigenvalue weighted by atomic mass is 10.5. The molecule has 0 unspecified atom stereocenters. The van der Waals surface area contributed by atoms with Gasteiger partial charge in [0, 0.05) is 9.89 Å². The Morgan fingerprint density at radius 3 is 2.40 bits per heavy atom. The van der Waals surface area contributed by atoms with Crippen molar-refractivity contribution in [3.05, 3.63) is 20.9 Å². The lowest BCUT2D eigenvalue weighted by Crippen LogP contribution is -1.93. The van der Waals surface area contributed by atoms with Gasteiger partial charge in [0.1, 0.15) is 4.91 Å². The third-order valence-corrected chi connectivity index (χ3v) is 3.27. The number of hydrogen-bond donors (Lipinski definition) is 2. The molecular weight excluding hydrogens is 220 g/mol. The summed E-state index contributed by atoms with van der Waals surface area (Å²) in [7, 11) is -2.90. The first-order valence-corrected chi connectivity index (χ1v) is 4.79. The molecule has 56 valence electrons. The van der Waals surface area contributed by atoms with Gasteiger partial charge in [0.15, 0.2) is 6.29 Å². The first kappa shape index (κ1) is 8.00. The Balaban J connectivity index is 3.00. The Morgan fingerprint density at radius 2 is 2.20 bits per heavy atom. The van der Waals surface area contributed by atoms with Crippen LogP contribution >= 0.6 is 26.5 Å². The molecule has 5 heteroatoms. The van der Waals surface area contributed by atoms with Crippen LogP contribution in [0.1, 0.15) is 0 Å². The van der Waals surface area contributed by atoms with E-state index >= 15 is 0 Å². The molecule has 0 spiro atoms. The number of carbonyl (C=O) groups excluding carboxylic acids is 1. The summed E-state index contributed by atoms with van der Waals surface area (Å²) in [5.74, 6) is 0. The second-order valence-electron chi connectivity index (χ2n) is 1.76. The molecule has 3 nitrogen and oxygen atoms in total. The maximum atomic E-state index is 10.1. The monoisotopic (exact) mass is 224 g/mol. The first-order valence-electron chi connectivity index (χ1n) is 2.38. The molecule has 1 heterocycles. The van der Waals surface area contributed by atoms with Gasteiger partial charge in [-0.3, -0.25) is 13.9 Å². The molecule has 2 N–H and O–H groups in total. The van der Waals surface area contributed by atoms with Gasteiger partial charge < -0.3 is 0 Å². The Bertz CT molecular complexity index is 231. The van der Waals surface area contributed by atoms with Crippen molar-refractivity contribution in [1.82, 2.24) is 0 Å². The van der Waals surface area contributed by atoms with Crippen LogP contribution in [0.5, 0.6) is 0 Å². The lowest BCUT2D eigenvalue weighted by Gasteiger charge is -2.23. The summed E-state index contributed by atoms with van der Waals surface area (Å²) in [4.78, 5) is 10.2. The van der Waals surface area contributed by atoms with E-state index in [1.165, 1.54) is 11.5 Å². The minimum Gasteiger partial charge on any atom is -0.296 e. The highest BCUT2D eigenvalue weighted by molar-refractivity contribution is 9.12. The standard InChI is InChI=1S/C5H5BrO3S/c6-4-1-5(2-7)10(8,9)3-4/h1-3,8-9H. The molecule has 0 bridgehead atoms. The third kappa shape index (κ3) is 1.32. The molecule has 10 heavy (non-hydrogen) atoms. The summed E-state index contributed by atoms with van der Waals surface area (Å²) in [6, 6.07) is 0. The average molecular weight is 225 g/mol. The Labute approximate surface area is 67.9 Å². The Kier molecular flexibility index (Phi) is 2.00. The van der Waals surface area contributed by atoms with E-state index in [4.69, 9.17) is 9.11 Å². The zero-order valence-corrected chi connectivity index (χ0v) is 7.22. The maximum absolute atomic E-state index is 10.1. The number of allylic oxidation sites excluding steroid dienone is 3. The molecular formula is C5H5BrO3S. The van der Waals surface area contributed by atoms with Crippen molar-refractivity contribution < 1.29 is 13.9 Å². The van der Waals surface area contributed by atoms with Gasteiger partial charge in [-0.15, -0.1) is 10.6 Å². The second kappa shape index (κ2) is 2.50. The predicted molar refractivity (Wildman–Crippen MR) is 44.0 cm³/mol. The van der Waals surface area contributed by atoms with Crippen molar-refractivity contribution in [3.63, 3.8) is 0 Å². The molecule has 0 aliphatic carbocycles. The molecule has 0 saturated carbocycles. The summed E-state index contributed by atoms with van der Waals surface area (Å²) >= 11 is 3.02. The van der Waals surface area contributed by atoms with Crippen LogP contribution in [0.15, 0.2) is 20.9 Å². The van der Waals surface area contributed by atoms with Crippen molar-refractivity contribution in [2.24, 2.45) is 0 Å². The highest BCUT2D eigenvalue weighted by Crippen LogP contribution is 2.54. The van der Waals surface area contributed by atoms with Gasteiger partial charge in [0.25, 0.3) is 0 Å². The Hall–Kier alpha value is -0.100. The summed E-state index contributed by atoms with van der Waals surface area (Å²) in [5, 5.41) is 1.22. The maximum Gasteiger partial charge on any atom is 0.166 e. The summed E-state index contributed by atoms with van der Waals surface area (Å²) in [6.45, 7) is 0. The van der Waals surface area contributed by atoms with Crippen LogP contribution in [0.25, 0.3) is 0 Å². The highest BCUT2D eigenvalue weighted by Gasteiger charge is 2.21. The highest BCUT2D eigenvalue weighted by atomic mass is 79.9. The van der Waals surface area contributed by atoms with E-state index in [-0.39, 0.29) is 4.91 Å². The van der Waals surface area contributed by atoms with E-state index < -0.39 is 10.6 Å². The van der Waals surface area contributed by atoms with Gasteiger partial charge in [-0.25, -0.2) is 0 Å². The third-order valence-electron chi connectivity index (χ3n) is 1.02. The second-order valence-corrected chi connectivity index (χ2v) is 4.57.